The summed E-state index contributed by atoms with van der Waals surface area (Å²) < 4.78 is 4.39. The number of anilines is 2. The van der Waals surface area contributed by atoms with E-state index in [1.165, 1.54) is 42.2 Å². The van der Waals surface area contributed by atoms with E-state index < -0.39 is 0 Å². The van der Waals surface area contributed by atoms with Gasteiger partial charge in [0.15, 0.2) is 0 Å². The van der Waals surface area contributed by atoms with Crippen molar-refractivity contribution in [1.82, 2.24) is 9.36 Å². The Morgan fingerprint density at radius 3 is 2.95 bits per heavy atom. The fourth-order valence-electron chi connectivity index (χ4n) is 2.96. The van der Waals surface area contributed by atoms with Gasteiger partial charge in [-0.25, -0.2) is 4.98 Å². The Balaban J connectivity index is 1.89. The van der Waals surface area contributed by atoms with E-state index >= 15 is 0 Å². The van der Waals surface area contributed by atoms with Crippen molar-refractivity contribution in [2.75, 3.05) is 23.7 Å². The van der Waals surface area contributed by atoms with Crippen molar-refractivity contribution in [3.63, 3.8) is 0 Å². The molecule has 6 heteroatoms. The number of nitrogen functional groups attached to an aromatic ring is 1. The molecule has 0 bridgehead atoms. The number of aromatic nitrogens is 2. The Hall–Kier alpha value is -1.14. The van der Waals surface area contributed by atoms with Gasteiger partial charge >= 0.3 is 0 Å². The molecule has 4 nitrogen and oxygen atoms in total. The SMILES string of the molecule is CCC1CCCN(c2snc(N)c2-c2nc(C)cs2)CC1. The summed E-state index contributed by atoms with van der Waals surface area (Å²) >= 11 is 3.18. The molecule has 1 unspecified atom stereocenters. The maximum atomic E-state index is 6.12. The lowest BCUT2D eigenvalue weighted by Gasteiger charge is -2.21. The molecule has 21 heavy (non-hydrogen) atoms. The van der Waals surface area contributed by atoms with Crippen molar-refractivity contribution in [3.8, 4) is 10.6 Å². The zero-order chi connectivity index (χ0) is 14.8. The molecule has 1 fully saturated rings. The van der Waals surface area contributed by atoms with E-state index in [0.717, 1.165) is 35.3 Å². The molecule has 0 amide bonds. The first kappa shape index (κ1) is 14.8. The number of aryl methyl sites for hydroxylation is 1. The van der Waals surface area contributed by atoms with Crippen LogP contribution < -0.4 is 10.6 Å². The molecular formula is C15H22N4S2. The molecule has 1 aliphatic rings. The van der Waals surface area contributed by atoms with Gasteiger partial charge in [0.1, 0.15) is 15.8 Å². The molecular weight excluding hydrogens is 300 g/mol. The Kier molecular flexibility index (Phi) is 4.45. The van der Waals surface area contributed by atoms with Gasteiger partial charge in [0.2, 0.25) is 0 Å². The highest BCUT2D eigenvalue weighted by Crippen LogP contribution is 2.41. The molecule has 1 saturated heterocycles. The van der Waals surface area contributed by atoms with Crippen LogP contribution in [0.1, 0.15) is 38.3 Å². The minimum Gasteiger partial charge on any atom is -0.382 e. The van der Waals surface area contributed by atoms with Gasteiger partial charge in [-0.3, -0.25) is 0 Å². The normalized spacial score (nSPS) is 19.7. The maximum Gasteiger partial charge on any atom is 0.149 e. The quantitative estimate of drug-likeness (QED) is 0.921. The number of thiazole rings is 1. The van der Waals surface area contributed by atoms with Crippen molar-refractivity contribution in [2.45, 2.75) is 39.5 Å². The molecule has 2 N–H and O–H groups in total. The van der Waals surface area contributed by atoms with Crippen LogP contribution in [0, 0.1) is 12.8 Å². The minimum absolute atomic E-state index is 0.626. The Labute approximate surface area is 134 Å². The zero-order valence-corrected chi connectivity index (χ0v) is 14.3. The summed E-state index contributed by atoms with van der Waals surface area (Å²) in [6.07, 6.45) is 5.15. The molecule has 1 atom stereocenters. The van der Waals surface area contributed by atoms with Crippen molar-refractivity contribution in [2.24, 2.45) is 5.92 Å². The average Bonchev–Trinajstić information content (AvgIpc) is 2.97. The number of rotatable bonds is 3. The van der Waals surface area contributed by atoms with E-state index in [9.17, 15) is 0 Å². The Bertz CT molecular complexity index is 605. The van der Waals surface area contributed by atoms with Crippen molar-refractivity contribution in [3.05, 3.63) is 11.1 Å². The van der Waals surface area contributed by atoms with Gasteiger partial charge in [-0.1, -0.05) is 13.3 Å². The smallest absolute Gasteiger partial charge is 0.149 e. The van der Waals surface area contributed by atoms with Crippen LogP contribution in [0.5, 0.6) is 0 Å². The number of nitrogens with zero attached hydrogens (tertiary/aromatic N) is 3. The standard InChI is InChI=1S/C15H22N4S2/c1-3-11-5-4-7-19(8-6-11)15-12(13(16)18-21-15)14-17-10(2)9-20-14/h9,11H,3-8H2,1-2H3,(H2,16,18). The molecule has 0 saturated carbocycles. The highest BCUT2D eigenvalue weighted by Gasteiger charge is 2.23. The lowest BCUT2D eigenvalue weighted by molar-refractivity contribution is 0.460. The molecule has 0 aromatic carbocycles. The molecule has 1 aliphatic heterocycles. The molecule has 0 radical (unpaired) electrons. The summed E-state index contributed by atoms with van der Waals surface area (Å²) in [6.45, 7) is 6.54. The van der Waals surface area contributed by atoms with Crippen LogP contribution in [-0.4, -0.2) is 22.4 Å². The molecule has 0 spiro atoms. The van der Waals surface area contributed by atoms with Crippen LogP contribution >= 0.6 is 22.9 Å². The number of nitrogens with two attached hydrogens (primary N) is 1. The van der Waals surface area contributed by atoms with E-state index in [4.69, 9.17) is 5.73 Å². The van der Waals surface area contributed by atoms with Gasteiger partial charge in [0, 0.05) is 24.2 Å². The Morgan fingerprint density at radius 1 is 1.38 bits per heavy atom. The largest absolute Gasteiger partial charge is 0.382 e. The molecule has 3 heterocycles. The first-order chi connectivity index (χ1) is 10.2. The van der Waals surface area contributed by atoms with Gasteiger partial charge < -0.3 is 10.6 Å². The summed E-state index contributed by atoms with van der Waals surface area (Å²) in [5.41, 5.74) is 8.22. The van der Waals surface area contributed by atoms with Gasteiger partial charge in [0.25, 0.3) is 0 Å². The topological polar surface area (TPSA) is 55.0 Å². The maximum absolute atomic E-state index is 6.12. The van der Waals surface area contributed by atoms with Crippen LogP contribution in [0.2, 0.25) is 0 Å². The third kappa shape index (κ3) is 3.06. The van der Waals surface area contributed by atoms with Crippen LogP contribution in [0.4, 0.5) is 10.8 Å². The van der Waals surface area contributed by atoms with Gasteiger partial charge in [0.05, 0.1) is 5.56 Å². The lowest BCUT2D eigenvalue weighted by atomic mass is 9.98. The van der Waals surface area contributed by atoms with Crippen LogP contribution in [0.3, 0.4) is 0 Å². The highest BCUT2D eigenvalue weighted by atomic mass is 32.1. The van der Waals surface area contributed by atoms with E-state index in [2.05, 4.69) is 26.6 Å². The molecule has 3 rings (SSSR count). The molecule has 2 aromatic rings. The van der Waals surface area contributed by atoms with Gasteiger partial charge in [-0.15, -0.1) is 11.3 Å². The highest BCUT2D eigenvalue weighted by molar-refractivity contribution is 7.15. The third-order valence-corrected chi connectivity index (χ3v) is 6.15. The monoisotopic (exact) mass is 322 g/mol. The van der Waals surface area contributed by atoms with Crippen LogP contribution in [-0.2, 0) is 0 Å². The zero-order valence-electron chi connectivity index (χ0n) is 12.6. The van der Waals surface area contributed by atoms with E-state index in [-0.39, 0.29) is 0 Å². The fraction of sp³-hybridized carbons (Fsp3) is 0.600. The predicted octanol–water partition coefficient (Wildman–Crippen LogP) is 4.17. The second-order valence-electron chi connectivity index (χ2n) is 5.73. The van der Waals surface area contributed by atoms with Gasteiger partial charge in [-0.05, 0) is 43.6 Å². The Morgan fingerprint density at radius 2 is 2.24 bits per heavy atom. The third-order valence-electron chi connectivity index (χ3n) is 4.25. The fourth-order valence-corrected chi connectivity index (χ4v) is 4.74. The van der Waals surface area contributed by atoms with E-state index in [1.54, 1.807) is 11.3 Å². The number of hydrogen-bond donors (Lipinski definition) is 1. The molecule has 0 aliphatic carbocycles. The average molecular weight is 323 g/mol. The van der Waals surface area contributed by atoms with Crippen molar-refractivity contribution in [1.29, 1.82) is 0 Å². The lowest BCUT2D eigenvalue weighted by Crippen LogP contribution is -2.23. The van der Waals surface area contributed by atoms with Crippen molar-refractivity contribution >= 4 is 33.7 Å². The summed E-state index contributed by atoms with van der Waals surface area (Å²) in [7, 11) is 0. The van der Waals surface area contributed by atoms with Gasteiger partial charge in [-0.2, -0.15) is 4.37 Å². The van der Waals surface area contributed by atoms with E-state index in [1.807, 2.05) is 6.92 Å². The molecule has 2 aromatic heterocycles. The second kappa shape index (κ2) is 6.32. The van der Waals surface area contributed by atoms with Crippen molar-refractivity contribution < 1.29 is 0 Å². The van der Waals surface area contributed by atoms with Crippen LogP contribution in [0.25, 0.3) is 10.6 Å². The summed E-state index contributed by atoms with van der Waals surface area (Å²) in [5.74, 6) is 1.49. The second-order valence-corrected chi connectivity index (χ2v) is 7.34. The van der Waals surface area contributed by atoms with Crippen LogP contribution in [0.15, 0.2) is 5.38 Å². The minimum atomic E-state index is 0.626. The first-order valence-corrected chi connectivity index (χ1v) is 9.27. The summed E-state index contributed by atoms with van der Waals surface area (Å²) in [5, 5.41) is 4.29. The summed E-state index contributed by atoms with van der Waals surface area (Å²) in [6, 6.07) is 0. The first-order valence-electron chi connectivity index (χ1n) is 7.61. The number of hydrogen-bond acceptors (Lipinski definition) is 6. The van der Waals surface area contributed by atoms with E-state index in [0.29, 0.717) is 5.82 Å². The predicted molar refractivity (Wildman–Crippen MR) is 92.2 cm³/mol. The molecule has 114 valence electrons. The summed E-state index contributed by atoms with van der Waals surface area (Å²) in [4.78, 5) is 7.07.